The molecule has 0 radical (unpaired) electrons. The van der Waals surface area contributed by atoms with E-state index in [4.69, 9.17) is 5.73 Å². The van der Waals surface area contributed by atoms with Crippen LogP contribution in [0, 0.1) is 0 Å². The Kier molecular flexibility index (Phi) is 3.10. The smallest absolute Gasteiger partial charge is 0.130 e. The van der Waals surface area contributed by atoms with Gasteiger partial charge in [0.2, 0.25) is 0 Å². The highest BCUT2D eigenvalue weighted by Gasteiger charge is 2.10. The van der Waals surface area contributed by atoms with Crippen LogP contribution in [0.5, 0.6) is 0 Å². The van der Waals surface area contributed by atoms with Gasteiger partial charge in [-0.05, 0) is 18.6 Å². The molecule has 2 aromatic heterocycles. The summed E-state index contributed by atoms with van der Waals surface area (Å²) in [5, 5.41) is 0. The van der Waals surface area contributed by atoms with Crippen molar-refractivity contribution in [2.24, 2.45) is 0 Å². The van der Waals surface area contributed by atoms with Crippen molar-refractivity contribution < 1.29 is 0 Å². The normalized spacial score (nSPS) is 10.3. The van der Waals surface area contributed by atoms with Crippen molar-refractivity contribution in [2.45, 2.75) is 19.8 Å². The fourth-order valence-electron chi connectivity index (χ4n) is 1.65. The predicted octanol–water partition coefficient (Wildman–Crippen LogP) is 2.07. The average molecular weight is 214 g/mol. The number of nitrogens with two attached hydrogens (primary N) is 1. The standard InChI is InChI=1S/C12H14N4/c1-2-5-9-11(15-8-16-12(9)13)10-6-3-4-7-14-10/h3-4,6-8H,2,5H2,1H3,(H2,13,15,16). The minimum absolute atomic E-state index is 0.553. The summed E-state index contributed by atoms with van der Waals surface area (Å²) in [7, 11) is 0. The second kappa shape index (κ2) is 4.70. The molecule has 0 aliphatic carbocycles. The third-order valence-corrected chi connectivity index (χ3v) is 2.39. The maximum atomic E-state index is 5.87. The summed E-state index contributed by atoms with van der Waals surface area (Å²) in [6.45, 7) is 2.11. The molecule has 0 saturated heterocycles. The molecule has 0 fully saturated rings. The second-order valence-corrected chi connectivity index (χ2v) is 3.55. The summed E-state index contributed by atoms with van der Waals surface area (Å²) in [4.78, 5) is 12.6. The Morgan fingerprint density at radius 3 is 2.75 bits per heavy atom. The van der Waals surface area contributed by atoms with Crippen LogP contribution in [0.1, 0.15) is 18.9 Å². The Hall–Kier alpha value is -1.97. The Bertz CT molecular complexity index is 468. The summed E-state index contributed by atoms with van der Waals surface area (Å²) < 4.78 is 0. The Morgan fingerprint density at radius 1 is 1.19 bits per heavy atom. The zero-order valence-electron chi connectivity index (χ0n) is 9.22. The molecule has 82 valence electrons. The third kappa shape index (κ3) is 2.00. The summed E-state index contributed by atoms with van der Waals surface area (Å²) in [6.07, 6.45) is 5.12. The van der Waals surface area contributed by atoms with Crippen LogP contribution in [0.4, 0.5) is 5.82 Å². The monoisotopic (exact) mass is 214 g/mol. The van der Waals surface area contributed by atoms with E-state index in [0.29, 0.717) is 5.82 Å². The fraction of sp³-hybridized carbons (Fsp3) is 0.250. The molecule has 0 saturated carbocycles. The number of aromatic nitrogens is 3. The van der Waals surface area contributed by atoms with Gasteiger partial charge < -0.3 is 5.73 Å². The van der Waals surface area contributed by atoms with Gasteiger partial charge in [0.25, 0.3) is 0 Å². The van der Waals surface area contributed by atoms with Crippen LogP contribution in [0.3, 0.4) is 0 Å². The van der Waals surface area contributed by atoms with Gasteiger partial charge >= 0.3 is 0 Å². The van der Waals surface area contributed by atoms with Gasteiger partial charge in [-0.25, -0.2) is 9.97 Å². The average Bonchev–Trinajstić information content (AvgIpc) is 2.33. The number of rotatable bonds is 3. The summed E-state index contributed by atoms with van der Waals surface area (Å²) in [5.41, 5.74) is 8.55. The lowest BCUT2D eigenvalue weighted by atomic mass is 10.1. The molecule has 0 aliphatic rings. The molecule has 2 aromatic rings. The maximum absolute atomic E-state index is 5.87. The number of pyridine rings is 1. The first-order chi connectivity index (χ1) is 7.83. The van der Waals surface area contributed by atoms with E-state index < -0.39 is 0 Å². The van der Waals surface area contributed by atoms with E-state index in [1.54, 1.807) is 6.20 Å². The first-order valence-corrected chi connectivity index (χ1v) is 5.33. The van der Waals surface area contributed by atoms with Crippen LogP contribution in [0.25, 0.3) is 11.4 Å². The first-order valence-electron chi connectivity index (χ1n) is 5.33. The van der Waals surface area contributed by atoms with Gasteiger partial charge in [-0.15, -0.1) is 0 Å². The highest BCUT2D eigenvalue weighted by molar-refractivity contribution is 5.63. The molecule has 0 atom stereocenters. The van der Waals surface area contributed by atoms with E-state index in [1.165, 1.54) is 6.33 Å². The van der Waals surface area contributed by atoms with Gasteiger partial charge in [0, 0.05) is 11.8 Å². The molecule has 0 aromatic carbocycles. The number of hydrogen-bond donors (Lipinski definition) is 1. The van der Waals surface area contributed by atoms with E-state index in [2.05, 4.69) is 21.9 Å². The second-order valence-electron chi connectivity index (χ2n) is 3.55. The van der Waals surface area contributed by atoms with Crippen LogP contribution in [-0.2, 0) is 6.42 Å². The largest absolute Gasteiger partial charge is 0.383 e. The van der Waals surface area contributed by atoms with E-state index in [9.17, 15) is 0 Å². The Balaban J connectivity index is 2.52. The molecule has 0 spiro atoms. The molecule has 0 bridgehead atoms. The third-order valence-electron chi connectivity index (χ3n) is 2.39. The van der Waals surface area contributed by atoms with Crippen molar-refractivity contribution in [2.75, 3.05) is 5.73 Å². The lowest BCUT2D eigenvalue weighted by molar-refractivity contribution is 0.906. The van der Waals surface area contributed by atoms with Gasteiger partial charge in [-0.2, -0.15) is 0 Å². The molecule has 4 nitrogen and oxygen atoms in total. The van der Waals surface area contributed by atoms with Crippen molar-refractivity contribution in [1.82, 2.24) is 15.0 Å². The minimum atomic E-state index is 0.553. The molecule has 0 unspecified atom stereocenters. The first kappa shape index (κ1) is 10.5. The molecular formula is C12H14N4. The molecular weight excluding hydrogens is 200 g/mol. The molecule has 16 heavy (non-hydrogen) atoms. The van der Waals surface area contributed by atoms with Gasteiger partial charge in [-0.3, -0.25) is 4.98 Å². The van der Waals surface area contributed by atoms with Gasteiger partial charge in [0.1, 0.15) is 12.1 Å². The molecule has 2 N–H and O–H groups in total. The zero-order valence-corrected chi connectivity index (χ0v) is 9.22. The molecule has 0 aliphatic heterocycles. The number of hydrogen-bond acceptors (Lipinski definition) is 4. The Labute approximate surface area is 94.6 Å². The molecule has 0 amide bonds. The summed E-state index contributed by atoms with van der Waals surface area (Å²) in [5.74, 6) is 0.553. The summed E-state index contributed by atoms with van der Waals surface area (Å²) in [6, 6.07) is 5.75. The van der Waals surface area contributed by atoms with Gasteiger partial charge in [0.15, 0.2) is 0 Å². The lowest BCUT2D eigenvalue weighted by Crippen LogP contribution is -2.03. The van der Waals surface area contributed by atoms with Gasteiger partial charge in [-0.1, -0.05) is 19.4 Å². The fourth-order valence-corrected chi connectivity index (χ4v) is 1.65. The zero-order chi connectivity index (χ0) is 11.4. The highest BCUT2D eigenvalue weighted by Crippen LogP contribution is 2.23. The van der Waals surface area contributed by atoms with Crippen LogP contribution in [-0.4, -0.2) is 15.0 Å². The summed E-state index contributed by atoms with van der Waals surface area (Å²) >= 11 is 0. The van der Waals surface area contributed by atoms with Crippen molar-refractivity contribution >= 4 is 5.82 Å². The van der Waals surface area contributed by atoms with E-state index >= 15 is 0 Å². The molecule has 2 heterocycles. The van der Waals surface area contributed by atoms with Crippen molar-refractivity contribution in [3.05, 3.63) is 36.3 Å². The van der Waals surface area contributed by atoms with Crippen molar-refractivity contribution in [3.8, 4) is 11.4 Å². The SMILES string of the molecule is CCCc1c(N)ncnc1-c1ccccn1. The van der Waals surface area contributed by atoms with Crippen molar-refractivity contribution in [3.63, 3.8) is 0 Å². The highest BCUT2D eigenvalue weighted by atomic mass is 14.9. The van der Waals surface area contributed by atoms with E-state index in [-0.39, 0.29) is 0 Å². The predicted molar refractivity (Wildman–Crippen MR) is 63.7 cm³/mol. The maximum Gasteiger partial charge on any atom is 0.130 e. The van der Waals surface area contributed by atoms with Crippen LogP contribution in [0.2, 0.25) is 0 Å². The number of nitrogens with zero attached hydrogens (tertiary/aromatic N) is 3. The number of nitrogen functional groups attached to an aromatic ring is 1. The quantitative estimate of drug-likeness (QED) is 0.849. The lowest BCUT2D eigenvalue weighted by Gasteiger charge is -2.08. The molecule has 4 heteroatoms. The van der Waals surface area contributed by atoms with Crippen LogP contribution in [0.15, 0.2) is 30.7 Å². The van der Waals surface area contributed by atoms with E-state index in [1.807, 2.05) is 18.2 Å². The van der Waals surface area contributed by atoms with E-state index in [0.717, 1.165) is 29.8 Å². The van der Waals surface area contributed by atoms with Crippen molar-refractivity contribution in [1.29, 1.82) is 0 Å². The Morgan fingerprint density at radius 2 is 2.06 bits per heavy atom. The van der Waals surface area contributed by atoms with Crippen LogP contribution >= 0.6 is 0 Å². The minimum Gasteiger partial charge on any atom is -0.383 e. The topological polar surface area (TPSA) is 64.7 Å². The van der Waals surface area contributed by atoms with Gasteiger partial charge in [0.05, 0.1) is 11.4 Å². The van der Waals surface area contributed by atoms with Crippen LogP contribution < -0.4 is 5.73 Å². The molecule has 2 rings (SSSR count). The number of anilines is 1.